The third-order valence-corrected chi connectivity index (χ3v) is 1.90. The van der Waals surface area contributed by atoms with E-state index >= 15 is 0 Å². The highest BCUT2D eigenvalue weighted by atomic mass is 16.5. The van der Waals surface area contributed by atoms with Crippen LogP contribution in [-0.2, 0) is 0 Å². The largest absolute Gasteiger partial charge is 0.467 e. The first kappa shape index (κ1) is 7.98. The molecule has 0 atom stereocenters. The van der Waals surface area contributed by atoms with Crippen LogP contribution in [0.4, 0.5) is 0 Å². The lowest BCUT2D eigenvalue weighted by Gasteiger charge is -2.00. The quantitative estimate of drug-likeness (QED) is 0.662. The molecule has 66 valence electrons. The first-order valence-electron chi connectivity index (χ1n) is 4.07. The molecule has 0 bridgehead atoms. The van der Waals surface area contributed by atoms with E-state index in [1.165, 1.54) is 5.56 Å². The van der Waals surface area contributed by atoms with Crippen molar-refractivity contribution >= 4 is 10.9 Å². The molecule has 0 aliphatic rings. The number of aromatic nitrogens is 2. The second-order valence-electron chi connectivity index (χ2n) is 2.92. The third-order valence-electron chi connectivity index (χ3n) is 1.90. The number of methoxy groups -OCH3 is 1. The standard InChI is InChI=1S/C10H10N2O/c1-7-3-4-9-8(5-7)6-11-10(12-9)13-2/h3-6H,1-2H3. The molecule has 0 fully saturated rings. The number of aryl methyl sites for hydroxylation is 1. The molecule has 2 aromatic rings. The van der Waals surface area contributed by atoms with Crippen LogP contribution in [-0.4, -0.2) is 17.1 Å². The molecule has 0 saturated carbocycles. The van der Waals surface area contributed by atoms with Gasteiger partial charge in [-0.25, -0.2) is 4.98 Å². The van der Waals surface area contributed by atoms with E-state index in [2.05, 4.69) is 16.0 Å². The van der Waals surface area contributed by atoms with Crippen molar-refractivity contribution in [3.63, 3.8) is 0 Å². The average molecular weight is 174 g/mol. The zero-order valence-electron chi connectivity index (χ0n) is 7.61. The SMILES string of the molecule is COc1ncc2cc(C)ccc2n1. The minimum atomic E-state index is 0.413. The molecule has 3 nitrogen and oxygen atoms in total. The Labute approximate surface area is 76.4 Å². The minimum absolute atomic E-state index is 0.413. The number of benzene rings is 1. The molecule has 0 unspecified atom stereocenters. The van der Waals surface area contributed by atoms with Crippen LogP contribution in [0.1, 0.15) is 5.56 Å². The van der Waals surface area contributed by atoms with Crippen molar-refractivity contribution in [1.29, 1.82) is 0 Å². The van der Waals surface area contributed by atoms with Gasteiger partial charge < -0.3 is 4.74 Å². The Morgan fingerprint density at radius 3 is 2.92 bits per heavy atom. The molecule has 0 aliphatic carbocycles. The molecular weight excluding hydrogens is 164 g/mol. The van der Waals surface area contributed by atoms with E-state index in [9.17, 15) is 0 Å². The van der Waals surface area contributed by atoms with E-state index in [-0.39, 0.29) is 0 Å². The summed E-state index contributed by atoms with van der Waals surface area (Å²) in [4.78, 5) is 8.23. The summed E-state index contributed by atoms with van der Waals surface area (Å²) in [6.45, 7) is 2.05. The normalized spacial score (nSPS) is 10.3. The molecule has 1 heterocycles. The van der Waals surface area contributed by atoms with E-state index in [0.717, 1.165) is 10.9 Å². The van der Waals surface area contributed by atoms with Gasteiger partial charge in [0.2, 0.25) is 0 Å². The van der Waals surface area contributed by atoms with Crippen LogP contribution in [0.25, 0.3) is 10.9 Å². The van der Waals surface area contributed by atoms with Crippen molar-refractivity contribution < 1.29 is 4.74 Å². The fourth-order valence-electron chi connectivity index (χ4n) is 1.23. The van der Waals surface area contributed by atoms with Crippen LogP contribution in [0.15, 0.2) is 24.4 Å². The van der Waals surface area contributed by atoms with Gasteiger partial charge in [-0.05, 0) is 19.1 Å². The summed E-state index contributed by atoms with van der Waals surface area (Å²) >= 11 is 0. The van der Waals surface area contributed by atoms with Crippen LogP contribution >= 0.6 is 0 Å². The first-order chi connectivity index (χ1) is 6.29. The van der Waals surface area contributed by atoms with Gasteiger partial charge in [0.15, 0.2) is 0 Å². The van der Waals surface area contributed by atoms with E-state index in [4.69, 9.17) is 4.74 Å². The minimum Gasteiger partial charge on any atom is -0.467 e. The number of hydrogen-bond donors (Lipinski definition) is 0. The lowest BCUT2D eigenvalue weighted by molar-refractivity contribution is 0.382. The zero-order chi connectivity index (χ0) is 9.26. The van der Waals surface area contributed by atoms with Gasteiger partial charge in [-0.1, -0.05) is 11.6 Å². The first-order valence-corrected chi connectivity index (χ1v) is 4.07. The fraction of sp³-hybridized carbons (Fsp3) is 0.200. The Hall–Kier alpha value is -1.64. The molecule has 0 N–H and O–H groups in total. The van der Waals surface area contributed by atoms with Crippen LogP contribution < -0.4 is 4.74 Å². The predicted octanol–water partition coefficient (Wildman–Crippen LogP) is 1.95. The lowest BCUT2D eigenvalue weighted by atomic mass is 10.2. The fourth-order valence-corrected chi connectivity index (χ4v) is 1.23. The molecular formula is C10H10N2O. The highest BCUT2D eigenvalue weighted by Crippen LogP contribution is 2.14. The topological polar surface area (TPSA) is 35.0 Å². The molecule has 2 rings (SSSR count). The van der Waals surface area contributed by atoms with Gasteiger partial charge in [-0.3, -0.25) is 0 Å². The Balaban J connectivity index is 2.66. The van der Waals surface area contributed by atoms with E-state index in [0.29, 0.717) is 6.01 Å². The Bertz CT molecular complexity index is 440. The summed E-state index contributed by atoms with van der Waals surface area (Å²) in [5, 5.41) is 1.04. The van der Waals surface area contributed by atoms with E-state index in [1.54, 1.807) is 13.3 Å². The van der Waals surface area contributed by atoms with Crippen LogP contribution in [0.3, 0.4) is 0 Å². The highest BCUT2D eigenvalue weighted by Gasteiger charge is 1.98. The number of ether oxygens (including phenoxy) is 1. The molecule has 0 saturated heterocycles. The second kappa shape index (κ2) is 3.01. The molecule has 0 amide bonds. The van der Waals surface area contributed by atoms with Crippen LogP contribution in [0, 0.1) is 6.92 Å². The second-order valence-corrected chi connectivity index (χ2v) is 2.92. The van der Waals surface area contributed by atoms with Crippen molar-refractivity contribution in [1.82, 2.24) is 9.97 Å². The molecule has 0 radical (unpaired) electrons. The van der Waals surface area contributed by atoms with Crippen LogP contribution in [0.5, 0.6) is 6.01 Å². The molecule has 1 aromatic heterocycles. The maximum Gasteiger partial charge on any atom is 0.316 e. The summed E-state index contributed by atoms with van der Waals surface area (Å²) in [5.41, 5.74) is 2.12. The van der Waals surface area contributed by atoms with Crippen molar-refractivity contribution in [2.75, 3.05) is 7.11 Å². The summed E-state index contributed by atoms with van der Waals surface area (Å²) in [6, 6.07) is 6.45. The van der Waals surface area contributed by atoms with Gasteiger partial charge in [0.05, 0.1) is 12.6 Å². The van der Waals surface area contributed by atoms with Crippen molar-refractivity contribution in [3.05, 3.63) is 30.0 Å². The lowest BCUT2D eigenvalue weighted by Crippen LogP contribution is -1.91. The van der Waals surface area contributed by atoms with Gasteiger partial charge in [0.25, 0.3) is 0 Å². The summed E-state index contributed by atoms with van der Waals surface area (Å²) < 4.78 is 4.93. The predicted molar refractivity (Wildman–Crippen MR) is 50.8 cm³/mol. The maximum atomic E-state index is 4.93. The summed E-state index contributed by atoms with van der Waals surface area (Å²) in [6.07, 6.45) is 1.77. The Morgan fingerprint density at radius 2 is 2.15 bits per heavy atom. The van der Waals surface area contributed by atoms with Gasteiger partial charge in [0.1, 0.15) is 0 Å². The van der Waals surface area contributed by atoms with Gasteiger partial charge in [-0.15, -0.1) is 0 Å². The number of rotatable bonds is 1. The van der Waals surface area contributed by atoms with Crippen LogP contribution in [0.2, 0.25) is 0 Å². The van der Waals surface area contributed by atoms with Crippen molar-refractivity contribution in [2.45, 2.75) is 6.92 Å². The summed E-state index contributed by atoms with van der Waals surface area (Å²) in [7, 11) is 1.56. The zero-order valence-corrected chi connectivity index (χ0v) is 7.61. The molecule has 0 aliphatic heterocycles. The van der Waals surface area contributed by atoms with Crippen molar-refractivity contribution in [3.8, 4) is 6.01 Å². The van der Waals surface area contributed by atoms with Gasteiger partial charge >= 0.3 is 6.01 Å². The highest BCUT2D eigenvalue weighted by molar-refractivity contribution is 5.78. The van der Waals surface area contributed by atoms with Crippen molar-refractivity contribution in [2.24, 2.45) is 0 Å². The smallest absolute Gasteiger partial charge is 0.316 e. The Kier molecular flexibility index (Phi) is 1.85. The molecule has 13 heavy (non-hydrogen) atoms. The molecule has 3 heteroatoms. The molecule has 0 spiro atoms. The Morgan fingerprint density at radius 1 is 1.31 bits per heavy atom. The third kappa shape index (κ3) is 1.45. The van der Waals surface area contributed by atoms with E-state index < -0.39 is 0 Å². The van der Waals surface area contributed by atoms with E-state index in [1.807, 2.05) is 19.1 Å². The number of fused-ring (bicyclic) bond motifs is 1. The van der Waals surface area contributed by atoms with Gasteiger partial charge in [0, 0.05) is 11.6 Å². The average Bonchev–Trinajstić information content (AvgIpc) is 2.17. The maximum absolute atomic E-state index is 4.93. The monoisotopic (exact) mass is 174 g/mol. The number of nitrogens with zero attached hydrogens (tertiary/aromatic N) is 2. The summed E-state index contributed by atoms with van der Waals surface area (Å²) in [5.74, 6) is 0. The number of hydrogen-bond acceptors (Lipinski definition) is 3. The molecule has 1 aromatic carbocycles. The van der Waals surface area contributed by atoms with Gasteiger partial charge in [-0.2, -0.15) is 4.98 Å².